The predicted octanol–water partition coefficient (Wildman–Crippen LogP) is 3.77. The molecule has 1 aliphatic heterocycles. The number of pyridine rings is 1. The molecule has 1 aromatic carbocycles. The van der Waals surface area contributed by atoms with Crippen LogP contribution < -0.4 is 15.8 Å². The average molecular weight is 414 g/mol. The third-order valence-electron chi connectivity index (χ3n) is 4.18. The fourth-order valence-electron chi connectivity index (χ4n) is 2.91. The maximum atomic E-state index is 8.31. The number of benzene rings is 1. The summed E-state index contributed by atoms with van der Waals surface area (Å²) in [6.45, 7) is 0.610. The maximum Gasteiger partial charge on any atom is 0.181 e. The molecule has 0 radical (unpaired) electrons. The van der Waals surface area contributed by atoms with Crippen molar-refractivity contribution < 1.29 is 9.15 Å². The van der Waals surface area contributed by atoms with Crippen molar-refractivity contribution in [3.8, 4) is 5.75 Å². The van der Waals surface area contributed by atoms with Gasteiger partial charge in [-0.25, -0.2) is 4.98 Å². The second-order valence-corrected chi connectivity index (χ2v) is 6.83. The van der Waals surface area contributed by atoms with Crippen LogP contribution >= 0.6 is 15.9 Å². The van der Waals surface area contributed by atoms with Crippen LogP contribution in [-0.2, 0) is 0 Å². The van der Waals surface area contributed by atoms with Gasteiger partial charge in [0, 0.05) is 34.0 Å². The van der Waals surface area contributed by atoms with Gasteiger partial charge in [0.1, 0.15) is 17.2 Å². The first kappa shape index (κ1) is 16.6. The van der Waals surface area contributed by atoms with Crippen molar-refractivity contribution in [3.63, 3.8) is 0 Å². The van der Waals surface area contributed by atoms with Crippen molar-refractivity contribution >= 4 is 33.0 Å². The summed E-state index contributed by atoms with van der Waals surface area (Å²) in [4.78, 5) is 8.34. The number of fused-ring (bicyclic) bond motifs is 1. The average Bonchev–Trinajstić information content (AvgIpc) is 3.17. The molecule has 3 aromatic rings. The number of rotatable bonds is 4. The van der Waals surface area contributed by atoms with E-state index in [4.69, 9.17) is 20.3 Å². The fourth-order valence-corrected chi connectivity index (χ4v) is 3.22. The van der Waals surface area contributed by atoms with Gasteiger partial charge in [-0.3, -0.25) is 10.4 Å². The Morgan fingerprint density at radius 2 is 2.19 bits per heavy atom. The van der Waals surface area contributed by atoms with Crippen LogP contribution in [0.3, 0.4) is 0 Å². The number of hydrogen-bond donors (Lipinski definition) is 3. The van der Waals surface area contributed by atoms with Gasteiger partial charge in [-0.2, -0.15) is 0 Å². The molecule has 132 valence electrons. The third kappa shape index (κ3) is 3.15. The molecule has 3 heterocycles. The lowest BCUT2D eigenvalue weighted by molar-refractivity contribution is 0.270. The van der Waals surface area contributed by atoms with E-state index in [1.54, 1.807) is 12.3 Å². The number of nitrogens with zero attached hydrogens (tertiary/aromatic N) is 2. The van der Waals surface area contributed by atoms with Crippen molar-refractivity contribution in [1.82, 2.24) is 9.97 Å². The predicted molar refractivity (Wildman–Crippen MR) is 102 cm³/mol. The minimum Gasteiger partial charge on any atom is -0.491 e. The van der Waals surface area contributed by atoms with Gasteiger partial charge >= 0.3 is 0 Å². The molecule has 0 spiro atoms. The van der Waals surface area contributed by atoms with Crippen LogP contribution in [0, 0.1) is 5.41 Å². The Kier molecular flexibility index (Phi) is 4.34. The summed E-state index contributed by atoms with van der Waals surface area (Å²) in [5.74, 6) is 1.14. The molecule has 0 aliphatic carbocycles. The zero-order valence-electron chi connectivity index (χ0n) is 13.7. The summed E-state index contributed by atoms with van der Waals surface area (Å²) in [7, 11) is 0. The first-order valence-electron chi connectivity index (χ1n) is 8.04. The number of nitrogen functional groups attached to an aromatic ring is 1. The van der Waals surface area contributed by atoms with E-state index in [0.29, 0.717) is 23.6 Å². The van der Waals surface area contributed by atoms with Crippen molar-refractivity contribution in [2.75, 3.05) is 17.7 Å². The highest BCUT2D eigenvalue weighted by atomic mass is 79.9. The summed E-state index contributed by atoms with van der Waals surface area (Å²) >= 11 is 3.42. The maximum absolute atomic E-state index is 8.31. The van der Waals surface area contributed by atoms with Gasteiger partial charge < -0.3 is 20.2 Å². The number of oxazole rings is 1. The van der Waals surface area contributed by atoms with Crippen LogP contribution in [-0.4, -0.2) is 22.3 Å². The Morgan fingerprint density at radius 1 is 1.31 bits per heavy atom. The number of anilines is 2. The fraction of sp³-hybridized carbons (Fsp3) is 0.167. The number of nitrogens with one attached hydrogen (secondary N) is 2. The Hall–Kier alpha value is -2.87. The summed E-state index contributed by atoms with van der Waals surface area (Å²) in [6.07, 6.45) is 5.35. The number of halogens is 1. The Labute approximate surface area is 158 Å². The first-order chi connectivity index (χ1) is 12.6. The molecule has 8 heteroatoms. The molecule has 0 bridgehead atoms. The van der Waals surface area contributed by atoms with Crippen molar-refractivity contribution in [2.45, 2.75) is 12.5 Å². The van der Waals surface area contributed by atoms with E-state index in [2.05, 4.69) is 31.2 Å². The van der Waals surface area contributed by atoms with Crippen LogP contribution in [0.5, 0.6) is 5.75 Å². The van der Waals surface area contributed by atoms with Crippen LogP contribution in [0.1, 0.15) is 29.5 Å². The Morgan fingerprint density at radius 3 is 3.00 bits per heavy atom. The van der Waals surface area contributed by atoms with Crippen LogP contribution in [0.25, 0.3) is 0 Å². The number of ether oxygens (including phenoxy) is 1. The lowest BCUT2D eigenvalue weighted by atomic mass is 10.0. The number of aromatic nitrogens is 2. The van der Waals surface area contributed by atoms with E-state index in [0.717, 1.165) is 28.0 Å². The summed E-state index contributed by atoms with van der Waals surface area (Å²) < 4.78 is 11.8. The van der Waals surface area contributed by atoms with E-state index < -0.39 is 0 Å². The Bertz CT molecular complexity index is 958. The zero-order chi connectivity index (χ0) is 18.1. The van der Waals surface area contributed by atoms with E-state index in [9.17, 15) is 0 Å². The quantitative estimate of drug-likeness (QED) is 0.443. The summed E-state index contributed by atoms with van der Waals surface area (Å²) in [5.41, 5.74) is 9.05. The second-order valence-electron chi connectivity index (χ2n) is 5.91. The molecule has 4 N–H and O–H groups in total. The molecule has 0 saturated carbocycles. The van der Waals surface area contributed by atoms with Crippen LogP contribution in [0.2, 0.25) is 0 Å². The first-order valence-corrected chi connectivity index (χ1v) is 8.83. The lowest BCUT2D eigenvalue weighted by Gasteiger charge is -2.26. The molecular weight excluding hydrogens is 398 g/mol. The van der Waals surface area contributed by atoms with Gasteiger partial charge in [0.25, 0.3) is 0 Å². The summed E-state index contributed by atoms with van der Waals surface area (Å²) in [5, 5.41) is 11.8. The second kappa shape index (κ2) is 6.80. The van der Waals surface area contributed by atoms with E-state index in [1.165, 1.54) is 12.6 Å². The van der Waals surface area contributed by atoms with Crippen molar-refractivity contribution in [1.29, 1.82) is 5.41 Å². The molecule has 7 nitrogen and oxygen atoms in total. The third-order valence-corrected chi connectivity index (χ3v) is 4.62. The molecule has 26 heavy (non-hydrogen) atoms. The van der Waals surface area contributed by atoms with E-state index >= 15 is 0 Å². The van der Waals surface area contributed by atoms with Crippen molar-refractivity contribution in [2.24, 2.45) is 0 Å². The van der Waals surface area contributed by atoms with Gasteiger partial charge in [-0.15, -0.1) is 0 Å². The number of hydrogen-bond acceptors (Lipinski definition) is 7. The normalized spacial score (nSPS) is 15.8. The highest BCUT2D eigenvalue weighted by molar-refractivity contribution is 9.10. The topological polar surface area (TPSA) is 110 Å². The smallest absolute Gasteiger partial charge is 0.181 e. The lowest BCUT2D eigenvalue weighted by Crippen LogP contribution is -2.22. The minimum atomic E-state index is 0.0165. The SMILES string of the molecule is N=C(c1cnco1)c1cc(NC2CCOc3cc(Br)cnc32)ccc1N. The largest absolute Gasteiger partial charge is 0.491 e. The van der Waals surface area contributed by atoms with Crippen LogP contribution in [0.15, 0.2) is 51.9 Å². The highest BCUT2D eigenvalue weighted by Gasteiger charge is 2.23. The molecule has 4 rings (SSSR count). The monoisotopic (exact) mass is 413 g/mol. The number of nitrogens with two attached hydrogens (primary N) is 1. The van der Waals surface area contributed by atoms with Gasteiger partial charge in [0.05, 0.1) is 18.8 Å². The Balaban J connectivity index is 1.62. The zero-order valence-corrected chi connectivity index (χ0v) is 15.3. The minimum absolute atomic E-state index is 0.0165. The van der Waals surface area contributed by atoms with Gasteiger partial charge in [0.2, 0.25) is 0 Å². The summed E-state index contributed by atoms with van der Waals surface area (Å²) in [6, 6.07) is 7.44. The van der Waals surface area contributed by atoms with E-state index in [1.807, 2.05) is 18.2 Å². The van der Waals surface area contributed by atoms with Gasteiger partial charge in [0.15, 0.2) is 12.2 Å². The molecule has 0 saturated heterocycles. The molecule has 2 aromatic heterocycles. The molecule has 1 aliphatic rings. The molecule has 1 atom stereocenters. The van der Waals surface area contributed by atoms with E-state index in [-0.39, 0.29) is 11.8 Å². The highest BCUT2D eigenvalue weighted by Crippen LogP contribution is 2.35. The van der Waals surface area contributed by atoms with Crippen LogP contribution in [0.4, 0.5) is 11.4 Å². The van der Waals surface area contributed by atoms with Gasteiger partial charge in [-0.05, 0) is 40.2 Å². The molecule has 0 amide bonds. The standard InChI is InChI=1S/C18H16BrN5O2/c19-10-5-15-18(23-7-10)14(3-4-25-15)24-11-1-2-13(20)12(6-11)17(21)16-8-22-9-26-16/h1-2,5-9,14,21,24H,3-4,20H2. The van der Waals surface area contributed by atoms with Gasteiger partial charge in [-0.1, -0.05) is 0 Å². The van der Waals surface area contributed by atoms with Crippen molar-refractivity contribution in [3.05, 3.63) is 64.5 Å². The molecule has 0 fully saturated rings. The molecular formula is C18H16BrN5O2. The molecule has 1 unspecified atom stereocenters.